The third kappa shape index (κ3) is 5.32. The Labute approximate surface area is 121 Å². The van der Waals surface area contributed by atoms with Gasteiger partial charge in [0, 0.05) is 24.6 Å². The zero-order chi connectivity index (χ0) is 15.0. The maximum Gasteiger partial charge on any atom is 0.124 e. The van der Waals surface area contributed by atoms with Gasteiger partial charge in [-0.3, -0.25) is 4.90 Å². The van der Waals surface area contributed by atoms with Gasteiger partial charge in [-0.05, 0) is 43.7 Å². The van der Waals surface area contributed by atoms with Gasteiger partial charge in [-0.25, -0.2) is 4.39 Å². The molecule has 1 atom stereocenters. The van der Waals surface area contributed by atoms with Crippen molar-refractivity contribution in [3.8, 4) is 11.8 Å². The van der Waals surface area contributed by atoms with Gasteiger partial charge in [-0.2, -0.15) is 0 Å². The number of hydrogen-bond acceptors (Lipinski definition) is 2. The summed E-state index contributed by atoms with van der Waals surface area (Å²) in [6, 6.07) is 5.42. The average Bonchev–Trinajstić information content (AvgIpc) is 2.43. The molecule has 0 spiro atoms. The van der Waals surface area contributed by atoms with Gasteiger partial charge in [0.15, 0.2) is 0 Å². The molecule has 0 bridgehead atoms. The van der Waals surface area contributed by atoms with E-state index in [0.717, 1.165) is 25.1 Å². The zero-order valence-electron chi connectivity index (χ0n) is 12.6. The van der Waals surface area contributed by atoms with Crippen molar-refractivity contribution >= 4 is 0 Å². The maximum absolute atomic E-state index is 13.6. The Morgan fingerprint density at radius 3 is 2.65 bits per heavy atom. The lowest BCUT2D eigenvalue weighted by atomic mass is 10.1. The van der Waals surface area contributed by atoms with E-state index in [0.29, 0.717) is 18.0 Å². The Balaban J connectivity index is 2.87. The molecule has 3 heteroatoms. The second-order valence-electron chi connectivity index (χ2n) is 4.94. The Kier molecular flexibility index (Phi) is 7.28. The predicted molar refractivity (Wildman–Crippen MR) is 80.8 cm³/mol. The van der Waals surface area contributed by atoms with Gasteiger partial charge in [0.05, 0.1) is 6.61 Å². The molecule has 0 aromatic heterocycles. The molecule has 1 rings (SSSR count). The van der Waals surface area contributed by atoms with E-state index in [2.05, 4.69) is 37.5 Å². The molecule has 110 valence electrons. The monoisotopic (exact) mass is 277 g/mol. The molecule has 1 N–H and O–H groups in total. The highest BCUT2D eigenvalue weighted by Crippen LogP contribution is 2.14. The second kappa shape index (κ2) is 8.73. The van der Waals surface area contributed by atoms with Crippen LogP contribution in [0.2, 0.25) is 0 Å². The number of rotatable bonds is 6. The quantitative estimate of drug-likeness (QED) is 0.807. The molecule has 0 radical (unpaired) electrons. The SMILES string of the molecule is CCC(C)N(CC)Cc1cc(F)cc(C#CCCO)c1. The molecule has 0 saturated heterocycles. The molecule has 0 aliphatic rings. The van der Waals surface area contributed by atoms with Crippen molar-refractivity contribution in [3.63, 3.8) is 0 Å². The minimum Gasteiger partial charge on any atom is -0.395 e. The van der Waals surface area contributed by atoms with Crippen molar-refractivity contribution in [2.45, 2.75) is 46.2 Å². The lowest BCUT2D eigenvalue weighted by Crippen LogP contribution is -2.31. The maximum atomic E-state index is 13.6. The van der Waals surface area contributed by atoms with Gasteiger partial charge in [-0.15, -0.1) is 0 Å². The van der Waals surface area contributed by atoms with E-state index in [1.54, 1.807) is 6.07 Å². The van der Waals surface area contributed by atoms with E-state index in [-0.39, 0.29) is 12.4 Å². The molecular formula is C17H24FNO. The first-order valence-electron chi connectivity index (χ1n) is 7.23. The van der Waals surface area contributed by atoms with Crippen LogP contribution in [-0.4, -0.2) is 29.2 Å². The summed E-state index contributed by atoms with van der Waals surface area (Å²) in [4.78, 5) is 2.32. The van der Waals surface area contributed by atoms with Crippen molar-refractivity contribution in [3.05, 3.63) is 35.1 Å². The molecule has 0 aliphatic heterocycles. The number of benzene rings is 1. The molecule has 2 nitrogen and oxygen atoms in total. The summed E-state index contributed by atoms with van der Waals surface area (Å²) in [5, 5.41) is 8.71. The van der Waals surface area contributed by atoms with E-state index in [9.17, 15) is 4.39 Å². The molecule has 0 saturated carbocycles. The van der Waals surface area contributed by atoms with Crippen molar-refractivity contribution in [2.75, 3.05) is 13.2 Å². The molecule has 0 aliphatic carbocycles. The Morgan fingerprint density at radius 2 is 2.05 bits per heavy atom. The van der Waals surface area contributed by atoms with Crippen LogP contribution in [0.3, 0.4) is 0 Å². The van der Waals surface area contributed by atoms with Crippen LogP contribution in [0.15, 0.2) is 18.2 Å². The first-order valence-corrected chi connectivity index (χ1v) is 7.23. The molecular weight excluding hydrogens is 253 g/mol. The first kappa shape index (κ1) is 16.7. The molecule has 0 fully saturated rings. The standard InChI is InChI=1S/C17H24FNO/c1-4-14(3)19(5-2)13-16-10-15(8-6-7-9-20)11-17(18)12-16/h10-12,14,20H,4-5,7,9,13H2,1-3H3. The molecule has 0 heterocycles. The summed E-state index contributed by atoms with van der Waals surface area (Å²) < 4.78 is 13.6. The van der Waals surface area contributed by atoms with E-state index >= 15 is 0 Å². The first-order chi connectivity index (χ1) is 9.60. The summed E-state index contributed by atoms with van der Waals surface area (Å²) in [7, 11) is 0. The minimum atomic E-state index is -0.254. The minimum absolute atomic E-state index is 0.0345. The van der Waals surface area contributed by atoms with Crippen LogP contribution >= 0.6 is 0 Å². The molecule has 0 amide bonds. The van der Waals surface area contributed by atoms with Crippen molar-refractivity contribution in [2.24, 2.45) is 0 Å². The van der Waals surface area contributed by atoms with Crippen LogP contribution in [-0.2, 0) is 6.54 Å². The van der Waals surface area contributed by atoms with Gasteiger partial charge in [0.1, 0.15) is 5.82 Å². The lowest BCUT2D eigenvalue weighted by molar-refractivity contribution is 0.206. The summed E-state index contributed by atoms with van der Waals surface area (Å²) in [6.07, 6.45) is 1.49. The van der Waals surface area contributed by atoms with Crippen LogP contribution in [0, 0.1) is 17.7 Å². The van der Waals surface area contributed by atoms with E-state index in [4.69, 9.17) is 5.11 Å². The number of aliphatic hydroxyl groups excluding tert-OH is 1. The highest BCUT2D eigenvalue weighted by Gasteiger charge is 2.11. The number of aliphatic hydroxyl groups is 1. The van der Waals surface area contributed by atoms with Gasteiger partial charge < -0.3 is 5.11 Å². The van der Waals surface area contributed by atoms with Crippen LogP contribution in [0.5, 0.6) is 0 Å². The Hall–Kier alpha value is -1.37. The van der Waals surface area contributed by atoms with E-state index in [1.165, 1.54) is 6.07 Å². The average molecular weight is 277 g/mol. The molecule has 1 aromatic rings. The largest absolute Gasteiger partial charge is 0.395 e. The van der Waals surface area contributed by atoms with Crippen LogP contribution in [0.1, 0.15) is 44.7 Å². The number of nitrogens with zero attached hydrogens (tertiary/aromatic N) is 1. The van der Waals surface area contributed by atoms with E-state index in [1.807, 2.05) is 6.07 Å². The third-order valence-electron chi connectivity index (χ3n) is 3.43. The van der Waals surface area contributed by atoms with E-state index < -0.39 is 0 Å². The molecule has 1 aromatic carbocycles. The Bertz CT molecular complexity index is 476. The summed E-state index contributed by atoms with van der Waals surface area (Å²) in [5.74, 6) is 5.47. The molecule has 20 heavy (non-hydrogen) atoms. The Morgan fingerprint density at radius 1 is 1.30 bits per heavy atom. The fourth-order valence-electron chi connectivity index (χ4n) is 2.11. The van der Waals surface area contributed by atoms with Crippen molar-refractivity contribution in [1.82, 2.24) is 4.90 Å². The van der Waals surface area contributed by atoms with Crippen molar-refractivity contribution in [1.29, 1.82) is 0 Å². The number of halogens is 1. The summed E-state index contributed by atoms with van der Waals surface area (Å²) in [6.45, 7) is 8.17. The normalized spacial score (nSPS) is 12.1. The molecule has 1 unspecified atom stereocenters. The predicted octanol–water partition coefficient (Wildman–Crippen LogP) is 3.18. The summed E-state index contributed by atoms with van der Waals surface area (Å²) >= 11 is 0. The van der Waals surface area contributed by atoms with Crippen LogP contribution in [0.4, 0.5) is 4.39 Å². The smallest absolute Gasteiger partial charge is 0.124 e. The topological polar surface area (TPSA) is 23.5 Å². The summed E-state index contributed by atoms with van der Waals surface area (Å²) in [5.41, 5.74) is 1.62. The van der Waals surface area contributed by atoms with Crippen LogP contribution in [0.25, 0.3) is 0 Å². The third-order valence-corrected chi connectivity index (χ3v) is 3.43. The van der Waals surface area contributed by atoms with Crippen molar-refractivity contribution < 1.29 is 9.50 Å². The van der Waals surface area contributed by atoms with Gasteiger partial charge in [0.2, 0.25) is 0 Å². The van der Waals surface area contributed by atoms with Gasteiger partial charge >= 0.3 is 0 Å². The fourth-order valence-corrected chi connectivity index (χ4v) is 2.11. The zero-order valence-corrected chi connectivity index (χ0v) is 12.6. The fraction of sp³-hybridized carbons (Fsp3) is 0.529. The highest BCUT2D eigenvalue weighted by atomic mass is 19.1. The highest BCUT2D eigenvalue weighted by molar-refractivity contribution is 5.37. The van der Waals surface area contributed by atoms with Gasteiger partial charge in [0.25, 0.3) is 0 Å². The second-order valence-corrected chi connectivity index (χ2v) is 4.94. The van der Waals surface area contributed by atoms with Gasteiger partial charge in [-0.1, -0.05) is 25.7 Å². The van der Waals surface area contributed by atoms with Crippen LogP contribution < -0.4 is 0 Å². The number of hydrogen-bond donors (Lipinski definition) is 1. The lowest BCUT2D eigenvalue weighted by Gasteiger charge is -2.27.